The van der Waals surface area contributed by atoms with Crippen LogP contribution in [0.3, 0.4) is 0 Å². The molecule has 1 aliphatic heterocycles. The van der Waals surface area contributed by atoms with Crippen LogP contribution >= 0.6 is 22.6 Å². The first-order chi connectivity index (χ1) is 5.56. The highest BCUT2D eigenvalue weighted by Gasteiger charge is 2.19. The highest BCUT2D eigenvalue weighted by Crippen LogP contribution is 2.16. The standard InChI is InChI=1S/C6H9IN2O2S/c1-2-3-9-5-6(7)4-8-12(9,10)11/h4-5H,2-3H2,1H3. The number of halogens is 1. The van der Waals surface area contributed by atoms with Crippen molar-refractivity contribution in [3.05, 3.63) is 9.78 Å². The van der Waals surface area contributed by atoms with Gasteiger partial charge in [-0.15, -0.1) is 0 Å². The first kappa shape index (κ1) is 9.97. The molecule has 12 heavy (non-hydrogen) atoms. The van der Waals surface area contributed by atoms with Crippen molar-refractivity contribution in [2.75, 3.05) is 6.54 Å². The molecule has 0 aromatic carbocycles. The number of hydrogen-bond donors (Lipinski definition) is 0. The van der Waals surface area contributed by atoms with E-state index < -0.39 is 10.2 Å². The van der Waals surface area contributed by atoms with Crippen LogP contribution in [0.5, 0.6) is 0 Å². The van der Waals surface area contributed by atoms with Gasteiger partial charge in [0.05, 0.1) is 6.21 Å². The van der Waals surface area contributed by atoms with Gasteiger partial charge < -0.3 is 0 Å². The first-order valence-electron chi connectivity index (χ1n) is 3.50. The van der Waals surface area contributed by atoms with E-state index in [9.17, 15) is 8.42 Å². The van der Waals surface area contributed by atoms with E-state index in [2.05, 4.69) is 4.40 Å². The van der Waals surface area contributed by atoms with Crippen LogP contribution in [-0.4, -0.2) is 25.5 Å². The zero-order chi connectivity index (χ0) is 9.19. The van der Waals surface area contributed by atoms with E-state index in [1.54, 1.807) is 6.20 Å². The zero-order valence-corrected chi connectivity index (χ0v) is 9.54. The summed E-state index contributed by atoms with van der Waals surface area (Å²) in [5.74, 6) is 0. The molecule has 0 bridgehead atoms. The number of nitrogens with zero attached hydrogens (tertiary/aromatic N) is 2. The molecule has 68 valence electrons. The van der Waals surface area contributed by atoms with Gasteiger partial charge in [0.1, 0.15) is 0 Å². The molecule has 0 saturated carbocycles. The van der Waals surface area contributed by atoms with Crippen LogP contribution in [0.25, 0.3) is 0 Å². The highest BCUT2D eigenvalue weighted by molar-refractivity contribution is 14.1. The second-order valence-electron chi connectivity index (χ2n) is 2.34. The van der Waals surface area contributed by atoms with Crippen LogP contribution in [0.1, 0.15) is 13.3 Å². The molecule has 0 aromatic rings. The Labute approximate surface area is 85.7 Å². The molecule has 0 radical (unpaired) electrons. The van der Waals surface area contributed by atoms with E-state index in [1.807, 2.05) is 29.5 Å². The lowest BCUT2D eigenvalue weighted by molar-refractivity contribution is 0.496. The Morgan fingerprint density at radius 3 is 2.92 bits per heavy atom. The van der Waals surface area contributed by atoms with Gasteiger partial charge in [-0.1, -0.05) is 6.92 Å². The minimum absolute atomic E-state index is 0.492. The van der Waals surface area contributed by atoms with Gasteiger partial charge in [-0.2, -0.15) is 12.8 Å². The van der Waals surface area contributed by atoms with Gasteiger partial charge >= 0.3 is 10.2 Å². The van der Waals surface area contributed by atoms with Crippen molar-refractivity contribution in [1.29, 1.82) is 0 Å². The Balaban J connectivity index is 2.91. The highest BCUT2D eigenvalue weighted by atomic mass is 127. The fourth-order valence-corrected chi connectivity index (χ4v) is 2.70. The largest absolute Gasteiger partial charge is 0.344 e. The average molecular weight is 300 g/mol. The van der Waals surface area contributed by atoms with Crippen molar-refractivity contribution in [3.63, 3.8) is 0 Å². The lowest BCUT2D eigenvalue weighted by atomic mass is 10.5. The van der Waals surface area contributed by atoms with E-state index >= 15 is 0 Å². The summed E-state index contributed by atoms with van der Waals surface area (Å²) in [5, 5.41) is 0. The molecule has 0 spiro atoms. The zero-order valence-electron chi connectivity index (χ0n) is 6.57. The average Bonchev–Trinajstić information content (AvgIpc) is 1.98. The van der Waals surface area contributed by atoms with E-state index in [4.69, 9.17) is 0 Å². The third kappa shape index (κ3) is 2.19. The van der Waals surface area contributed by atoms with Crippen molar-refractivity contribution in [1.82, 2.24) is 4.31 Å². The second kappa shape index (κ2) is 3.73. The summed E-state index contributed by atoms with van der Waals surface area (Å²) in [6, 6.07) is 0. The fraction of sp³-hybridized carbons (Fsp3) is 0.500. The predicted octanol–water partition coefficient (Wildman–Crippen LogP) is 1.30. The third-order valence-electron chi connectivity index (χ3n) is 1.32. The Bertz CT molecular complexity index is 320. The van der Waals surface area contributed by atoms with Gasteiger partial charge in [0, 0.05) is 16.3 Å². The fourth-order valence-electron chi connectivity index (χ4n) is 0.815. The molecule has 1 rings (SSSR count). The van der Waals surface area contributed by atoms with E-state index in [-0.39, 0.29) is 0 Å². The number of allylic oxidation sites excluding steroid dienone is 1. The van der Waals surface area contributed by atoms with Crippen LogP contribution in [-0.2, 0) is 10.2 Å². The van der Waals surface area contributed by atoms with Crippen LogP contribution in [0.4, 0.5) is 0 Å². The summed E-state index contributed by atoms with van der Waals surface area (Å²) < 4.78 is 27.9. The van der Waals surface area contributed by atoms with Gasteiger partial charge in [-0.3, -0.25) is 4.31 Å². The number of rotatable bonds is 2. The minimum Gasteiger partial charge on any atom is -0.258 e. The van der Waals surface area contributed by atoms with Crippen molar-refractivity contribution in [2.45, 2.75) is 13.3 Å². The van der Waals surface area contributed by atoms with Crippen LogP contribution < -0.4 is 0 Å². The lowest BCUT2D eigenvalue weighted by Gasteiger charge is -2.18. The summed E-state index contributed by atoms with van der Waals surface area (Å²) in [6.07, 6.45) is 3.73. The van der Waals surface area contributed by atoms with Gasteiger partial charge in [-0.05, 0) is 29.0 Å². The van der Waals surface area contributed by atoms with E-state index in [0.717, 1.165) is 10.0 Å². The summed E-state index contributed by atoms with van der Waals surface area (Å²) in [7, 11) is -3.40. The molecule has 4 nitrogen and oxygen atoms in total. The van der Waals surface area contributed by atoms with Crippen molar-refractivity contribution < 1.29 is 8.42 Å². The summed E-state index contributed by atoms with van der Waals surface area (Å²) in [6.45, 7) is 2.42. The second-order valence-corrected chi connectivity index (χ2v) is 5.16. The van der Waals surface area contributed by atoms with Crippen molar-refractivity contribution >= 4 is 39.0 Å². The molecule has 6 heteroatoms. The molecular formula is C6H9IN2O2S. The predicted molar refractivity (Wildman–Crippen MR) is 56.5 cm³/mol. The van der Waals surface area contributed by atoms with E-state index in [0.29, 0.717) is 6.54 Å². The molecule has 0 amide bonds. The molecule has 0 atom stereocenters. The first-order valence-corrected chi connectivity index (χ1v) is 5.98. The maximum absolute atomic E-state index is 11.2. The summed E-state index contributed by atoms with van der Waals surface area (Å²) in [4.78, 5) is 0. The van der Waals surface area contributed by atoms with Crippen LogP contribution in [0.2, 0.25) is 0 Å². The van der Waals surface area contributed by atoms with Crippen LogP contribution in [0, 0.1) is 0 Å². The normalized spacial score (nSPS) is 20.8. The van der Waals surface area contributed by atoms with Gasteiger partial charge in [0.25, 0.3) is 0 Å². The molecule has 0 aliphatic carbocycles. The van der Waals surface area contributed by atoms with Crippen LogP contribution in [0.15, 0.2) is 14.2 Å². The number of hydrogen-bond acceptors (Lipinski definition) is 2. The molecule has 1 aliphatic rings. The van der Waals surface area contributed by atoms with E-state index in [1.165, 1.54) is 10.5 Å². The minimum atomic E-state index is -3.40. The molecule has 0 saturated heterocycles. The molecule has 1 heterocycles. The van der Waals surface area contributed by atoms with Gasteiger partial charge in [0.2, 0.25) is 0 Å². The summed E-state index contributed by atoms with van der Waals surface area (Å²) in [5.41, 5.74) is 0. The van der Waals surface area contributed by atoms with Gasteiger partial charge in [-0.25, -0.2) is 0 Å². The monoisotopic (exact) mass is 300 g/mol. The third-order valence-corrected chi connectivity index (χ3v) is 3.13. The molecular weight excluding hydrogens is 291 g/mol. The smallest absolute Gasteiger partial charge is 0.258 e. The Morgan fingerprint density at radius 2 is 2.33 bits per heavy atom. The topological polar surface area (TPSA) is 49.7 Å². The molecule has 0 aromatic heterocycles. The molecule has 0 N–H and O–H groups in total. The SMILES string of the molecule is CCCN1C=C(I)C=NS1(=O)=O. The Kier molecular flexibility index (Phi) is 3.10. The van der Waals surface area contributed by atoms with Crippen molar-refractivity contribution in [3.8, 4) is 0 Å². The lowest BCUT2D eigenvalue weighted by Crippen LogP contribution is -2.27. The molecule has 0 unspecified atom stereocenters. The maximum atomic E-state index is 11.2. The maximum Gasteiger partial charge on any atom is 0.344 e. The Morgan fingerprint density at radius 1 is 1.67 bits per heavy atom. The summed E-state index contributed by atoms with van der Waals surface area (Å²) >= 11 is 2.03. The van der Waals surface area contributed by atoms with Gasteiger partial charge in [0.15, 0.2) is 0 Å². The van der Waals surface area contributed by atoms with Crippen molar-refractivity contribution in [2.24, 2.45) is 4.40 Å². The Hall–Kier alpha value is -0.110. The molecule has 0 fully saturated rings. The quantitative estimate of drug-likeness (QED) is 0.722.